The summed E-state index contributed by atoms with van der Waals surface area (Å²) in [7, 11) is 0. The van der Waals surface area contributed by atoms with E-state index in [2.05, 4.69) is 64.1 Å². The lowest BCUT2D eigenvalue weighted by Gasteiger charge is -2.25. The third-order valence-electron chi connectivity index (χ3n) is 5.65. The Labute approximate surface area is 147 Å². The maximum Gasteiger partial charge on any atom is -0.00582 e. The van der Waals surface area contributed by atoms with Crippen molar-refractivity contribution in [2.24, 2.45) is 0 Å². The van der Waals surface area contributed by atoms with E-state index < -0.39 is 0 Å². The number of hydrogen-bond donors (Lipinski definition) is 0. The molecule has 0 heterocycles. The summed E-state index contributed by atoms with van der Waals surface area (Å²) in [5.74, 6) is 0. The molecule has 1 aliphatic carbocycles. The van der Waals surface area contributed by atoms with Crippen LogP contribution in [0.25, 0.3) is 10.8 Å². The van der Waals surface area contributed by atoms with Crippen LogP contribution in [0.3, 0.4) is 0 Å². The van der Waals surface area contributed by atoms with Gasteiger partial charge in [-0.05, 0) is 71.6 Å². The van der Waals surface area contributed by atoms with Crippen LogP contribution in [-0.2, 0) is 12.8 Å². The summed E-state index contributed by atoms with van der Waals surface area (Å²) in [5, 5.41) is 2.76. The quantitative estimate of drug-likeness (QED) is 0.560. The first-order valence-electron chi connectivity index (χ1n) is 9.64. The van der Waals surface area contributed by atoms with E-state index >= 15 is 0 Å². The van der Waals surface area contributed by atoms with Crippen LogP contribution in [0.5, 0.6) is 0 Å². The lowest BCUT2D eigenvalue weighted by atomic mass is 9.80. The molecule has 0 amide bonds. The largest absolute Gasteiger partial charge is 0.0626 e. The van der Waals surface area contributed by atoms with Gasteiger partial charge in [0.25, 0.3) is 0 Å². The van der Waals surface area contributed by atoms with Gasteiger partial charge in [-0.2, -0.15) is 0 Å². The van der Waals surface area contributed by atoms with Gasteiger partial charge >= 0.3 is 0 Å². The molecule has 0 heteroatoms. The monoisotopic (exact) mass is 318 g/mol. The van der Waals surface area contributed by atoms with E-state index in [0.717, 1.165) is 25.7 Å². The first-order valence-corrected chi connectivity index (χ1v) is 9.64. The van der Waals surface area contributed by atoms with Crippen LogP contribution in [0.2, 0.25) is 0 Å². The molecule has 0 saturated carbocycles. The second-order valence-corrected chi connectivity index (χ2v) is 6.90. The standard InChI is InChI=1S/C24H30/c1-5-17-13-21-15-19-11-9-10-12-20(19)16-22(21)14-18(6-2)24(8-4)23(17)7-3/h9-12,15-16H,5-8,13-14H2,1-4H3/b23-17-,24-18-. The van der Waals surface area contributed by atoms with Crippen molar-refractivity contribution < 1.29 is 0 Å². The molecule has 126 valence electrons. The molecule has 2 aromatic rings. The maximum atomic E-state index is 2.44. The van der Waals surface area contributed by atoms with Crippen molar-refractivity contribution in [2.75, 3.05) is 0 Å². The van der Waals surface area contributed by atoms with E-state index in [9.17, 15) is 0 Å². The molecule has 0 radical (unpaired) electrons. The van der Waals surface area contributed by atoms with E-state index in [1.807, 2.05) is 0 Å². The minimum absolute atomic E-state index is 1.13. The zero-order chi connectivity index (χ0) is 17.1. The second kappa shape index (κ2) is 7.38. The van der Waals surface area contributed by atoms with Gasteiger partial charge in [-0.25, -0.2) is 0 Å². The van der Waals surface area contributed by atoms with Crippen molar-refractivity contribution in [3.8, 4) is 0 Å². The lowest BCUT2D eigenvalue weighted by Crippen LogP contribution is -2.09. The highest BCUT2D eigenvalue weighted by Crippen LogP contribution is 2.35. The number of fused-ring (bicyclic) bond motifs is 2. The van der Waals surface area contributed by atoms with Gasteiger partial charge in [0.2, 0.25) is 0 Å². The van der Waals surface area contributed by atoms with Gasteiger partial charge in [0.15, 0.2) is 0 Å². The molecule has 0 bridgehead atoms. The Bertz CT molecular complexity index is 733. The molecule has 24 heavy (non-hydrogen) atoms. The Morgan fingerprint density at radius 1 is 0.625 bits per heavy atom. The van der Waals surface area contributed by atoms with Gasteiger partial charge in [-0.15, -0.1) is 0 Å². The van der Waals surface area contributed by atoms with Crippen molar-refractivity contribution in [3.63, 3.8) is 0 Å². The van der Waals surface area contributed by atoms with Crippen molar-refractivity contribution in [1.29, 1.82) is 0 Å². The van der Waals surface area contributed by atoms with E-state index in [0.29, 0.717) is 0 Å². The molecule has 2 aromatic carbocycles. The minimum atomic E-state index is 1.13. The van der Waals surface area contributed by atoms with Crippen LogP contribution in [0.15, 0.2) is 58.7 Å². The normalized spacial score (nSPS) is 21.5. The Morgan fingerprint density at radius 2 is 1.04 bits per heavy atom. The smallest absolute Gasteiger partial charge is 0.00582 e. The Morgan fingerprint density at radius 3 is 1.38 bits per heavy atom. The second-order valence-electron chi connectivity index (χ2n) is 6.90. The van der Waals surface area contributed by atoms with E-state index in [1.54, 1.807) is 22.3 Å². The van der Waals surface area contributed by atoms with Crippen LogP contribution in [0, 0.1) is 0 Å². The summed E-state index contributed by atoms with van der Waals surface area (Å²) in [6.07, 6.45) is 6.91. The first-order chi connectivity index (χ1) is 11.7. The third kappa shape index (κ3) is 3.07. The summed E-state index contributed by atoms with van der Waals surface area (Å²) in [6, 6.07) is 13.7. The molecule has 0 spiro atoms. The van der Waals surface area contributed by atoms with Gasteiger partial charge in [0, 0.05) is 0 Å². The molecule has 0 atom stereocenters. The minimum Gasteiger partial charge on any atom is -0.0626 e. The zero-order valence-electron chi connectivity index (χ0n) is 15.7. The molecule has 1 aliphatic rings. The van der Waals surface area contributed by atoms with Crippen molar-refractivity contribution >= 4 is 10.8 Å². The summed E-state index contributed by atoms with van der Waals surface area (Å²) in [4.78, 5) is 0. The average molecular weight is 319 g/mol. The Kier molecular flexibility index (Phi) is 5.23. The highest BCUT2D eigenvalue weighted by Gasteiger charge is 2.18. The van der Waals surface area contributed by atoms with Crippen molar-refractivity contribution in [2.45, 2.75) is 66.2 Å². The topological polar surface area (TPSA) is 0 Å². The number of benzene rings is 2. The van der Waals surface area contributed by atoms with Gasteiger partial charge in [0.1, 0.15) is 0 Å². The number of rotatable bonds is 4. The van der Waals surface area contributed by atoms with Crippen molar-refractivity contribution in [1.82, 2.24) is 0 Å². The van der Waals surface area contributed by atoms with E-state index in [1.165, 1.54) is 34.7 Å². The van der Waals surface area contributed by atoms with Gasteiger partial charge in [-0.3, -0.25) is 0 Å². The molecule has 0 N–H and O–H groups in total. The summed E-state index contributed by atoms with van der Waals surface area (Å²) >= 11 is 0. The van der Waals surface area contributed by atoms with Crippen LogP contribution in [0.1, 0.15) is 64.5 Å². The molecular weight excluding hydrogens is 288 g/mol. The SMILES string of the molecule is CC/C1=C(CC)/C(CC)=C(/CC)Cc2cc3ccccc3cc2C1. The number of allylic oxidation sites excluding steroid dienone is 4. The molecular formula is C24H30. The predicted octanol–water partition coefficient (Wildman–Crippen LogP) is 7.17. The molecule has 0 saturated heterocycles. The van der Waals surface area contributed by atoms with Crippen LogP contribution in [0.4, 0.5) is 0 Å². The fourth-order valence-electron chi connectivity index (χ4n) is 4.37. The Balaban J connectivity index is 2.25. The summed E-state index contributed by atoms with van der Waals surface area (Å²) < 4.78 is 0. The molecule has 0 aliphatic heterocycles. The molecule has 3 rings (SSSR count). The fourth-order valence-corrected chi connectivity index (χ4v) is 4.37. The fraction of sp³-hybridized carbons (Fsp3) is 0.417. The van der Waals surface area contributed by atoms with E-state index in [-0.39, 0.29) is 0 Å². The lowest BCUT2D eigenvalue weighted by molar-refractivity contribution is 0.850. The molecule has 0 unspecified atom stereocenters. The van der Waals surface area contributed by atoms with Gasteiger partial charge < -0.3 is 0 Å². The highest BCUT2D eigenvalue weighted by molar-refractivity contribution is 5.84. The average Bonchev–Trinajstić information content (AvgIpc) is 2.61. The molecule has 0 nitrogen and oxygen atoms in total. The van der Waals surface area contributed by atoms with Crippen molar-refractivity contribution in [3.05, 3.63) is 69.8 Å². The molecule has 0 fully saturated rings. The highest BCUT2D eigenvalue weighted by atomic mass is 14.2. The zero-order valence-corrected chi connectivity index (χ0v) is 15.7. The molecule has 0 aromatic heterocycles. The number of hydrogen-bond acceptors (Lipinski definition) is 0. The summed E-state index contributed by atoms with van der Waals surface area (Å²) in [6.45, 7) is 9.31. The predicted molar refractivity (Wildman–Crippen MR) is 107 cm³/mol. The third-order valence-corrected chi connectivity index (χ3v) is 5.65. The van der Waals surface area contributed by atoms with Gasteiger partial charge in [-0.1, -0.05) is 75.2 Å². The van der Waals surface area contributed by atoms with Gasteiger partial charge in [0.05, 0.1) is 0 Å². The van der Waals surface area contributed by atoms with Crippen LogP contribution >= 0.6 is 0 Å². The van der Waals surface area contributed by atoms with Crippen LogP contribution in [-0.4, -0.2) is 0 Å². The Hall–Kier alpha value is -1.82. The summed E-state index contributed by atoms with van der Waals surface area (Å²) in [5.41, 5.74) is 9.68. The van der Waals surface area contributed by atoms with Crippen LogP contribution < -0.4 is 0 Å². The first kappa shape index (κ1) is 17.0. The van der Waals surface area contributed by atoms with E-state index in [4.69, 9.17) is 0 Å². The maximum absolute atomic E-state index is 2.44.